The number of aromatic nitrogens is 1. The molecule has 1 aliphatic rings. The molecule has 166 valence electrons. The fraction of sp³-hybridized carbons (Fsp3) is 0.320. The molecule has 2 amide bonds. The van der Waals surface area contributed by atoms with E-state index in [2.05, 4.69) is 17.4 Å². The normalized spacial score (nSPS) is 15.9. The van der Waals surface area contributed by atoms with Crippen LogP contribution in [0.1, 0.15) is 53.2 Å². The molecule has 1 unspecified atom stereocenters. The van der Waals surface area contributed by atoms with Crippen LogP contribution in [0.4, 0.5) is 5.69 Å². The van der Waals surface area contributed by atoms with E-state index in [4.69, 9.17) is 9.26 Å². The maximum atomic E-state index is 13.5. The number of nitrogens with zero attached hydrogens (tertiary/aromatic N) is 2. The first-order chi connectivity index (χ1) is 15.5. The van der Waals surface area contributed by atoms with Crippen LogP contribution in [0.2, 0.25) is 0 Å². The van der Waals surface area contributed by atoms with Crippen molar-refractivity contribution in [2.75, 3.05) is 19.0 Å². The van der Waals surface area contributed by atoms with Crippen molar-refractivity contribution in [3.63, 3.8) is 0 Å². The van der Waals surface area contributed by atoms with Gasteiger partial charge in [-0.05, 0) is 44.0 Å². The van der Waals surface area contributed by atoms with Crippen molar-refractivity contribution in [2.24, 2.45) is 0 Å². The zero-order valence-electron chi connectivity index (χ0n) is 18.8. The highest BCUT2D eigenvalue weighted by molar-refractivity contribution is 6.10. The highest BCUT2D eigenvalue weighted by atomic mass is 16.5. The molecule has 32 heavy (non-hydrogen) atoms. The number of carbonyl (C=O) groups is 2. The Morgan fingerprint density at radius 3 is 2.59 bits per heavy atom. The Bertz CT molecular complexity index is 1150. The predicted molar refractivity (Wildman–Crippen MR) is 122 cm³/mol. The highest BCUT2D eigenvalue weighted by Gasteiger charge is 2.36. The Morgan fingerprint density at radius 2 is 1.91 bits per heavy atom. The molecular formula is C25H27N3O4. The molecule has 1 N–H and O–H groups in total. The molecule has 1 atom stereocenters. The van der Waals surface area contributed by atoms with E-state index in [1.807, 2.05) is 44.2 Å². The van der Waals surface area contributed by atoms with Crippen LogP contribution < -0.4 is 10.1 Å². The van der Waals surface area contributed by atoms with Crippen molar-refractivity contribution in [1.82, 2.24) is 10.1 Å². The minimum atomic E-state index is -0.769. The zero-order valence-corrected chi connectivity index (χ0v) is 18.8. The van der Waals surface area contributed by atoms with Gasteiger partial charge in [0.05, 0.1) is 29.6 Å². The molecule has 0 fully saturated rings. The van der Waals surface area contributed by atoms with Crippen LogP contribution in [0.25, 0.3) is 11.1 Å². The van der Waals surface area contributed by atoms with Crippen molar-refractivity contribution in [2.45, 2.75) is 39.7 Å². The maximum Gasteiger partial charge on any atom is 0.256 e. The number of hydrogen-bond donors (Lipinski definition) is 1. The van der Waals surface area contributed by atoms with E-state index < -0.39 is 6.04 Å². The molecule has 4 rings (SSSR count). The number of anilines is 1. The lowest BCUT2D eigenvalue weighted by atomic mass is 9.97. The third-order valence-electron chi connectivity index (χ3n) is 5.83. The van der Waals surface area contributed by atoms with Crippen molar-refractivity contribution in [1.29, 1.82) is 0 Å². The second-order valence-corrected chi connectivity index (χ2v) is 7.95. The zero-order chi connectivity index (χ0) is 22.8. The smallest absolute Gasteiger partial charge is 0.256 e. The van der Waals surface area contributed by atoms with Crippen LogP contribution in [0.3, 0.4) is 0 Å². The molecule has 0 saturated carbocycles. The van der Waals surface area contributed by atoms with Crippen LogP contribution in [0, 0.1) is 13.8 Å². The van der Waals surface area contributed by atoms with Gasteiger partial charge in [-0.15, -0.1) is 0 Å². The number of unbranched alkanes of at least 4 members (excludes halogenated alkanes) is 1. The summed E-state index contributed by atoms with van der Waals surface area (Å²) < 4.78 is 11.0. The number of hydrogen-bond acceptors (Lipinski definition) is 5. The van der Waals surface area contributed by atoms with Gasteiger partial charge in [0.25, 0.3) is 11.8 Å². The molecule has 1 aliphatic heterocycles. The molecule has 7 heteroatoms. The second-order valence-electron chi connectivity index (χ2n) is 7.95. The number of amides is 2. The SMILES string of the molecule is CCCCN1C(=O)c2ccccc2NC(=O)C1c1ccc(-c2c(C)noc2C)c(OC)c1. The summed E-state index contributed by atoms with van der Waals surface area (Å²) >= 11 is 0. The molecule has 0 saturated heterocycles. The van der Waals surface area contributed by atoms with Gasteiger partial charge in [0, 0.05) is 12.1 Å². The maximum absolute atomic E-state index is 13.5. The lowest BCUT2D eigenvalue weighted by Crippen LogP contribution is -2.39. The van der Waals surface area contributed by atoms with Crippen molar-refractivity contribution in [3.05, 3.63) is 65.0 Å². The van der Waals surface area contributed by atoms with Gasteiger partial charge in [-0.1, -0.05) is 42.8 Å². The lowest BCUT2D eigenvalue weighted by Gasteiger charge is -2.29. The number of benzene rings is 2. The first-order valence-electron chi connectivity index (χ1n) is 10.8. The summed E-state index contributed by atoms with van der Waals surface area (Å²) in [5.41, 5.74) is 4.17. The summed E-state index contributed by atoms with van der Waals surface area (Å²) in [7, 11) is 1.59. The average Bonchev–Trinajstić information content (AvgIpc) is 3.08. The van der Waals surface area contributed by atoms with Gasteiger partial charge in [-0.25, -0.2) is 0 Å². The summed E-state index contributed by atoms with van der Waals surface area (Å²) in [5.74, 6) is 0.878. The molecule has 0 radical (unpaired) electrons. The summed E-state index contributed by atoms with van der Waals surface area (Å²) in [4.78, 5) is 28.5. The van der Waals surface area contributed by atoms with Gasteiger partial charge in [-0.3, -0.25) is 9.59 Å². The second kappa shape index (κ2) is 8.86. The van der Waals surface area contributed by atoms with E-state index in [0.717, 1.165) is 29.7 Å². The quantitative estimate of drug-likeness (QED) is 0.597. The number of aryl methyl sites for hydroxylation is 2. The van der Waals surface area contributed by atoms with E-state index in [0.29, 0.717) is 34.9 Å². The monoisotopic (exact) mass is 433 g/mol. The van der Waals surface area contributed by atoms with Crippen LogP contribution in [0.15, 0.2) is 47.0 Å². The number of para-hydroxylation sites is 1. The van der Waals surface area contributed by atoms with Crippen molar-refractivity contribution >= 4 is 17.5 Å². The van der Waals surface area contributed by atoms with Crippen LogP contribution in [-0.2, 0) is 4.79 Å². The molecule has 3 aromatic rings. The van der Waals surface area contributed by atoms with Crippen LogP contribution in [-0.4, -0.2) is 35.5 Å². The summed E-state index contributed by atoms with van der Waals surface area (Å²) in [6, 6.07) is 12.0. The van der Waals surface area contributed by atoms with Crippen LogP contribution >= 0.6 is 0 Å². The number of methoxy groups -OCH3 is 1. The summed E-state index contributed by atoms with van der Waals surface area (Å²) in [5, 5.41) is 6.97. The molecule has 1 aromatic heterocycles. The Labute approximate surface area is 187 Å². The number of fused-ring (bicyclic) bond motifs is 1. The molecule has 2 aromatic carbocycles. The Kier molecular flexibility index (Phi) is 5.99. The van der Waals surface area contributed by atoms with E-state index in [-0.39, 0.29) is 11.8 Å². The van der Waals surface area contributed by atoms with E-state index >= 15 is 0 Å². The van der Waals surface area contributed by atoms with Gasteiger partial charge in [0.2, 0.25) is 0 Å². The largest absolute Gasteiger partial charge is 0.496 e. The van der Waals surface area contributed by atoms with E-state index in [1.54, 1.807) is 24.1 Å². The fourth-order valence-corrected chi connectivity index (χ4v) is 4.24. The Hall–Kier alpha value is -3.61. The third-order valence-corrected chi connectivity index (χ3v) is 5.83. The summed E-state index contributed by atoms with van der Waals surface area (Å²) in [6.07, 6.45) is 1.71. The van der Waals surface area contributed by atoms with Crippen LogP contribution in [0.5, 0.6) is 5.75 Å². The summed E-state index contributed by atoms with van der Waals surface area (Å²) in [6.45, 7) is 6.27. The van der Waals surface area contributed by atoms with Gasteiger partial charge in [0.15, 0.2) is 0 Å². The molecule has 7 nitrogen and oxygen atoms in total. The van der Waals surface area contributed by atoms with Gasteiger partial charge >= 0.3 is 0 Å². The van der Waals surface area contributed by atoms with E-state index in [1.165, 1.54) is 0 Å². The first kappa shape index (κ1) is 21.6. The Morgan fingerprint density at radius 1 is 1.12 bits per heavy atom. The Balaban J connectivity index is 1.81. The third kappa shape index (κ3) is 3.75. The number of rotatable bonds is 6. The molecule has 0 spiro atoms. The minimum Gasteiger partial charge on any atom is -0.496 e. The first-order valence-corrected chi connectivity index (χ1v) is 10.8. The molecule has 2 heterocycles. The van der Waals surface area contributed by atoms with Crippen molar-refractivity contribution in [3.8, 4) is 16.9 Å². The highest BCUT2D eigenvalue weighted by Crippen LogP contribution is 2.38. The molecule has 0 aliphatic carbocycles. The molecule has 0 bridgehead atoms. The van der Waals surface area contributed by atoms with Gasteiger partial charge < -0.3 is 19.5 Å². The van der Waals surface area contributed by atoms with Gasteiger partial charge in [-0.2, -0.15) is 0 Å². The number of nitrogens with one attached hydrogen (secondary N) is 1. The van der Waals surface area contributed by atoms with Crippen molar-refractivity contribution < 1.29 is 18.8 Å². The average molecular weight is 434 g/mol. The number of carbonyl (C=O) groups excluding carboxylic acids is 2. The fourth-order valence-electron chi connectivity index (χ4n) is 4.24. The lowest BCUT2D eigenvalue weighted by molar-refractivity contribution is -0.120. The number of ether oxygens (including phenoxy) is 1. The molecular weight excluding hydrogens is 406 g/mol. The van der Waals surface area contributed by atoms with Gasteiger partial charge in [0.1, 0.15) is 17.6 Å². The predicted octanol–water partition coefficient (Wildman–Crippen LogP) is 4.90. The topological polar surface area (TPSA) is 84.7 Å². The van der Waals surface area contributed by atoms with E-state index in [9.17, 15) is 9.59 Å². The standard InChI is InChI=1S/C25H27N3O4/c1-5-6-13-28-23(24(29)26-20-10-8-7-9-18(20)25(28)30)17-11-12-19(21(14-17)31-4)22-15(2)27-32-16(22)3/h7-12,14,23H,5-6,13H2,1-4H3,(H,26,29). The minimum absolute atomic E-state index is 0.161.